The van der Waals surface area contributed by atoms with E-state index in [0.717, 1.165) is 30.2 Å². The SMILES string of the molecule is COc1cccc2c1N(CCO)CCN2. The first-order valence-corrected chi connectivity index (χ1v) is 5.13. The Hall–Kier alpha value is -1.42. The van der Waals surface area contributed by atoms with Crippen LogP contribution in [0, 0.1) is 0 Å². The van der Waals surface area contributed by atoms with Gasteiger partial charge in [-0.15, -0.1) is 0 Å². The molecular weight excluding hydrogens is 192 g/mol. The van der Waals surface area contributed by atoms with E-state index in [1.807, 2.05) is 18.2 Å². The summed E-state index contributed by atoms with van der Waals surface area (Å²) in [6, 6.07) is 5.94. The number of β-amino-alcohol motifs (C(OH)–C–C–N with tert-alkyl or cyclic N) is 1. The van der Waals surface area contributed by atoms with Crippen molar-refractivity contribution in [3.8, 4) is 5.75 Å². The molecule has 0 spiro atoms. The zero-order valence-electron chi connectivity index (χ0n) is 8.86. The summed E-state index contributed by atoms with van der Waals surface area (Å²) >= 11 is 0. The highest BCUT2D eigenvalue weighted by atomic mass is 16.5. The highest BCUT2D eigenvalue weighted by Gasteiger charge is 2.19. The van der Waals surface area contributed by atoms with Crippen molar-refractivity contribution < 1.29 is 9.84 Å². The Morgan fingerprint density at radius 1 is 1.53 bits per heavy atom. The summed E-state index contributed by atoms with van der Waals surface area (Å²) in [5.74, 6) is 0.855. The van der Waals surface area contributed by atoms with Gasteiger partial charge in [-0.1, -0.05) is 6.07 Å². The van der Waals surface area contributed by atoms with Gasteiger partial charge in [-0.05, 0) is 12.1 Å². The van der Waals surface area contributed by atoms with E-state index >= 15 is 0 Å². The van der Waals surface area contributed by atoms with Crippen LogP contribution in [-0.2, 0) is 0 Å². The van der Waals surface area contributed by atoms with Crippen LogP contribution >= 0.6 is 0 Å². The summed E-state index contributed by atoms with van der Waals surface area (Å²) in [5, 5.41) is 12.3. The highest BCUT2D eigenvalue weighted by molar-refractivity contribution is 5.78. The molecule has 0 aliphatic carbocycles. The second-order valence-corrected chi connectivity index (χ2v) is 3.49. The van der Waals surface area contributed by atoms with Crippen LogP contribution in [0.15, 0.2) is 18.2 Å². The molecule has 0 aromatic heterocycles. The van der Waals surface area contributed by atoms with E-state index < -0.39 is 0 Å². The van der Waals surface area contributed by atoms with E-state index in [-0.39, 0.29) is 6.61 Å². The van der Waals surface area contributed by atoms with Crippen molar-refractivity contribution in [2.45, 2.75) is 0 Å². The largest absolute Gasteiger partial charge is 0.495 e. The Labute approximate surface area is 89.5 Å². The summed E-state index contributed by atoms with van der Waals surface area (Å²) in [6.07, 6.45) is 0. The average Bonchev–Trinajstić information content (AvgIpc) is 2.29. The fourth-order valence-electron chi connectivity index (χ4n) is 1.94. The summed E-state index contributed by atoms with van der Waals surface area (Å²) in [7, 11) is 1.67. The third kappa shape index (κ3) is 1.85. The second kappa shape index (κ2) is 4.40. The topological polar surface area (TPSA) is 44.7 Å². The maximum absolute atomic E-state index is 9.00. The molecule has 0 bridgehead atoms. The first kappa shape index (κ1) is 10.1. The molecular formula is C11H16N2O2. The fourth-order valence-corrected chi connectivity index (χ4v) is 1.94. The molecule has 4 heteroatoms. The van der Waals surface area contributed by atoms with Crippen LogP contribution < -0.4 is 15.0 Å². The molecule has 0 saturated heterocycles. The summed E-state index contributed by atoms with van der Waals surface area (Å²) < 4.78 is 5.33. The normalized spacial score (nSPS) is 14.4. The number of aliphatic hydroxyl groups excluding tert-OH is 1. The van der Waals surface area contributed by atoms with Gasteiger partial charge in [-0.2, -0.15) is 0 Å². The number of benzene rings is 1. The van der Waals surface area contributed by atoms with Gasteiger partial charge in [0.1, 0.15) is 11.4 Å². The number of nitrogens with one attached hydrogen (secondary N) is 1. The molecule has 1 aromatic rings. The number of methoxy groups -OCH3 is 1. The number of nitrogens with zero attached hydrogens (tertiary/aromatic N) is 1. The van der Waals surface area contributed by atoms with Gasteiger partial charge in [0.15, 0.2) is 0 Å². The van der Waals surface area contributed by atoms with Gasteiger partial charge in [-0.25, -0.2) is 0 Å². The molecule has 0 saturated carbocycles. The highest BCUT2D eigenvalue weighted by Crippen LogP contribution is 2.37. The molecule has 0 fully saturated rings. The molecule has 82 valence electrons. The van der Waals surface area contributed by atoms with Crippen molar-refractivity contribution in [2.24, 2.45) is 0 Å². The van der Waals surface area contributed by atoms with Crippen molar-refractivity contribution >= 4 is 11.4 Å². The molecule has 1 aromatic carbocycles. The lowest BCUT2D eigenvalue weighted by atomic mass is 10.2. The molecule has 0 radical (unpaired) electrons. The zero-order chi connectivity index (χ0) is 10.7. The van der Waals surface area contributed by atoms with Gasteiger partial charge in [0, 0.05) is 19.6 Å². The molecule has 15 heavy (non-hydrogen) atoms. The average molecular weight is 208 g/mol. The monoisotopic (exact) mass is 208 g/mol. The molecule has 1 aliphatic heterocycles. The summed E-state index contributed by atoms with van der Waals surface area (Å²) in [4.78, 5) is 2.14. The maximum atomic E-state index is 9.00. The van der Waals surface area contributed by atoms with Crippen molar-refractivity contribution in [1.29, 1.82) is 0 Å². The predicted molar refractivity (Wildman–Crippen MR) is 60.8 cm³/mol. The number of hydrogen-bond donors (Lipinski definition) is 2. The Bertz CT molecular complexity index is 327. The number of hydrogen-bond acceptors (Lipinski definition) is 4. The van der Waals surface area contributed by atoms with Crippen molar-refractivity contribution in [3.63, 3.8) is 0 Å². The number of aliphatic hydroxyl groups is 1. The van der Waals surface area contributed by atoms with Crippen molar-refractivity contribution in [2.75, 3.05) is 43.6 Å². The molecule has 0 atom stereocenters. The van der Waals surface area contributed by atoms with Crippen LogP contribution in [-0.4, -0.2) is 38.5 Å². The molecule has 2 N–H and O–H groups in total. The van der Waals surface area contributed by atoms with E-state index in [0.29, 0.717) is 6.54 Å². The summed E-state index contributed by atoms with van der Waals surface area (Å²) in [6.45, 7) is 2.61. The Kier molecular flexibility index (Phi) is 2.97. The van der Waals surface area contributed by atoms with Crippen LogP contribution in [0.25, 0.3) is 0 Å². The Morgan fingerprint density at radius 2 is 2.40 bits per heavy atom. The van der Waals surface area contributed by atoms with Crippen LogP contribution in [0.4, 0.5) is 11.4 Å². The maximum Gasteiger partial charge on any atom is 0.144 e. The van der Waals surface area contributed by atoms with Gasteiger partial charge in [0.2, 0.25) is 0 Å². The number of ether oxygens (including phenoxy) is 1. The van der Waals surface area contributed by atoms with Gasteiger partial charge in [-0.3, -0.25) is 0 Å². The van der Waals surface area contributed by atoms with E-state index in [2.05, 4.69) is 10.2 Å². The number of fused-ring (bicyclic) bond motifs is 1. The third-order valence-corrected chi connectivity index (χ3v) is 2.60. The number of para-hydroxylation sites is 1. The number of anilines is 2. The standard InChI is InChI=1S/C11H16N2O2/c1-15-10-4-2-3-9-11(10)13(7-8-14)6-5-12-9/h2-4,12,14H,5-8H2,1H3. The molecule has 1 heterocycles. The quantitative estimate of drug-likeness (QED) is 0.775. The lowest BCUT2D eigenvalue weighted by Crippen LogP contribution is -2.36. The molecule has 0 unspecified atom stereocenters. The van der Waals surface area contributed by atoms with Crippen LogP contribution in [0.1, 0.15) is 0 Å². The van der Waals surface area contributed by atoms with Gasteiger partial charge in [0.25, 0.3) is 0 Å². The molecule has 4 nitrogen and oxygen atoms in total. The van der Waals surface area contributed by atoms with Gasteiger partial charge < -0.3 is 20.1 Å². The van der Waals surface area contributed by atoms with Crippen LogP contribution in [0.3, 0.4) is 0 Å². The smallest absolute Gasteiger partial charge is 0.144 e. The van der Waals surface area contributed by atoms with Gasteiger partial charge in [0.05, 0.1) is 19.4 Å². The molecule has 1 aliphatic rings. The minimum absolute atomic E-state index is 0.164. The zero-order valence-corrected chi connectivity index (χ0v) is 8.86. The fraction of sp³-hybridized carbons (Fsp3) is 0.455. The lowest BCUT2D eigenvalue weighted by Gasteiger charge is -2.32. The Balaban J connectivity index is 2.38. The van der Waals surface area contributed by atoms with E-state index in [4.69, 9.17) is 9.84 Å². The van der Waals surface area contributed by atoms with Gasteiger partial charge >= 0.3 is 0 Å². The Morgan fingerprint density at radius 3 is 3.13 bits per heavy atom. The first-order valence-electron chi connectivity index (χ1n) is 5.13. The lowest BCUT2D eigenvalue weighted by molar-refractivity contribution is 0.301. The van der Waals surface area contributed by atoms with Crippen LogP contribution in [0.5, 0.6) is 5.75 Å². The summed E-state index contributed by atoms with van der Waals surface area (Å²) in [5.41, 5.74) is 2.13. The first-order chi connectivity index (χ1) is 7.36. The van der Waals surface area contributed by atoms with Crippen LogP contribution in [0.2, 0.25) is 0 Å². The van der Waals surface area contributed by atoms with E-state index in [1.54, 1.807) is 7.11 Å². The minimum Gasteiger partial charge on any atom is -0.495 e. The van der Waals surface area contributed by atoms with Crippen molar-refractivity contribution in [3.05, 3.63) is 18.2 Å². The van der Waals surface area contributed by atoms with E-state index in [9.17, 15) is 0 Å². The van der Waals surface area contributed by atoms with Crippen molar-refractivity contribution in [1.82, 2.24) is 0 Å². The second-order valence-electron chi connectivity index (χ2n) is 3.49. The minimum atomic E-state index is 0.164. The third-order valence-electron chi connectivity index (χ3n) is 2.60. The predicted octanol–water partition coefficient (Wildman–Crippen LogP) is 0.919. The molecule has 0 amide bonds. The number of rotatable bonds is 3. The molecule has 2 rings (SSSR count). The van der Waals surface area contributed by atoms with E-state index in [1.165, 1.54) is 0 Å².